The Balaban J connectivity index is 3.20. The maximum atomic E-state index is 13.1. The molecule has 30 heavy (non-hydrogen) atoms. The molecule has 0 heterocycles. The number of hydrogen-bond acceptors (Lipinski definition) is 5. The molecule has 0 spiro atoms. The van der Waals surface area contributed by atoms with Crippen molar-refractivity contribution in [2.45, 2.75) is 65.6 Å². The van der Waals surface area contributed by atoms with E-state index in [9.17, 15) is 19.6 Å². The van der Waals surface area contributed by atoms with Crippen molar-refractivity contribution in [2.75, 3.05) is 13.1 Å². The quantitative estimate of drug-likeness (QED) is 0.693. The molecule has 0 aliphatic heterocycles. The minimum absolute atomic E-state index is 0.314. The first-order chi connectivity index (χ1) is 13.7. The van der Waals surface area contributed by atoms with Crippen LogP contribution in [-0.2, 0) is 14.3 Å². The smallest absolute Gasteiger partial charge is 0.408 e. The van der Waals surface area contributed by atoms with Crippen LogP contribution in [0.5, 0.6) is 0 Å². The highest BCUT2D eigenvalue weighted by Crippen LogP contribution is 2.25. The molecule has 0 aliphatic rings. The van der Waals surface area contributed by atoms with Crippen LogP contribution in [-0.4, -0.2) is 47.0 Å². The molecule has 1 aromatic rings. The number of alkyl carbamates (subject to hydrolysis) is 1. The lowest BCUT2D eigenvalue weighted by atomic mass is 9.97. The summed E-state index contributed by atoms with van der Waals surface area (Å²) in [7, 11) is 0. The first-order valence-corrected chi connectivity index (χ1v) is 9.76. The zero-order chi connectivity index (χ0) is 23.1. The van der Waals surface area contributed by atoms with Crippen molar-refractivity contribution >= 4 is 17.9 Å². The van der Waals surface area contributed by atoms with Gasteiger partial charge in [0.25, 0.3) is 0 Å². The predicted octanol–water partition coefficient (Wildman–Crippen LogP) is 2.83. The number of carbonyl (C=O) groups is 3. The highest BCUT2D eigenvalue weighted by molar-refractivity contribution is 5.91. The summed E-state index contributed by atoms with van der Waals surface area (Å²) in [5, 5.41) is 14.6. The van der Waals surface area contributed by atoms with Crippen LogP contribution in [0.1, 0.15) is 58.7 Å². The maximum absolute atomic E-state index is 13.1. The molecule has 0 saturated carbocycles. The van der Waals surface area contributed by atoms with Gasteiger partial charge in [-0.3, -0.25) is 9.59 Å². The van der Waals surface area contributed by atoms with Crippen molar-refractivity contribution in [3.05, 3.63) is 35.4 Å². The highest BCUT2D eigenvalue weighted by atomic mass is 16.6. The van der Waals surface area contributed by atoms with E-state index in [1.54, 1.807) is 32.9 Å². The lowest BCUT2D eigenvalue weighted by Gasteiger charge is -2.33. The Kier molecular flexibility index (Phi) is 8.40. The van der Waals surface area contributed by atoms with Gasteiger partial charge in [0, 0.05) is 5.54 Å². The van der Waals surface area contributed by atoms with E-state index >= 15 is 0 Å². The van der Waals surface area contributed by atoms with E-state index in [4.69, 9.17) is 4.74 Å². The molecule has 0 aliphatic carbocycles. The SMILES string of the molecule is Cc1ccccc1C(C(=O)NC(C)(C)C)N(CC#N)C(=O)CNC(=O)OC(C)(C)C. The topological polar surface area (TPSA) is 112 Å². The normalized spacial score (nSPS) is 12.3. The van der Waals surface area contributed by atoms with Gasteiger partial charge in [0.2, 0.25) is 11.8 Å². The van der Waals surface area contributed by atoms with Crippen LogP contribution in [0.15, 0.2) is 24.3 Å². The standard InChI is InChI=1S/C22H32N4O4/c1-15-10-8-9-11-16(15)18(19(28)25-21(2,3)4)26(13-12-23)17(27)14-24-20(29)30-22(5,6)7/h8-11,18H,13-14H2,1-7H3,(H,24,29)(H,25,28). The van der Waals surface area contributed by atoms with E-state index in [1.807, 2.05) is 45.9 Å². The summed E-state index contributed by atoms with van der Waals surface area (Å²) in [6.45, 7) is 11.7. The molecular formula is C22H32N4O4. The molecule has 1 atom stereocenters. The van der Waals surface area contributed by atoms with Gasteiger partial charge in [-0.2, -0.15) is 5.26 Å². The van der Waals surface area contributed by atoms with E-state index in [1.165, 1.54) is 4.90 Å². The fourth-order valence-corrected chi connectivity index (χ4v) is 2.75. The van der Waals surface area contributed by atoms with Gasteiger partial charge in [-0.05, 0) is 59.6 Å². The fraction of sp³-hybridized carbons (Fsp3) is 0.545. The zero-order valence-corrected chi connectivity index (χ0v) is 18.8. The molecule has 8 heteroatoms. The van der Waals surface area contributed by atoms with Gasteiger partial charge in [0.15, 0.2) is 0 Å². The van der Waals surface area contributed by atoms with Crippen molar-refractivity contribution < 1.29 is 19.1 Å². The van der Waals surface area contributed by atoms with Crippen LogP contribution in [0.25, 0.3) is 0 Å². The second kappa shape index (κ2) is 10.1. The van der Waals surface area contributed by atoms with Crippen LogP contribution in [0.3, 0.4) is 0 Å². The van der Waals surface area contributed by atoms with Crippen molar-refractivity contribution in [1.82, 2.24) is 15.5 Å². The highest BCUT2D eigenvalue weighted by Gasteiger charge is 2.34. The number of amides is 3. The summed E-state index contributed by atoms with van der Waals surface area (Å²) in [5.41, 5.74) is 0.173. The molecule has 0 fully saturated rings. The molecule has 8 nitrogen and oxygen atoms in total. The third-order valence-corrected chi connectivity index (χ3v) is 3.89. The van der Waals surface area contributed by atoms with E-state index in [0.717, 1.165) is 5.56 Å². The Labute approximate surface area is 178 Å². The molecule has 0 aromatic heterocycles. The third-order valence-electron chi connectivity index (χ3n) is 3.89. The Morgan fingerprint density at radius 2 is 1.73 bits per heavy atom. The number of aryl methyl sites for hydroxylation is 1. The van der Waals surface area contributed by atoms with Crippen molar-refractivity contribution in [3.63, 3.8) is 0 Å². The van der Waals surface area contributed by atoms with Crippen LogP contribution in [0.4, 0.5) is 4.79 Å². The van der Waals surface area contributed by atoms with Crippen LogP contribution in [0, 0.1) is 18.3 Å². The molecule has 0 radical (unpaired) electrons. The van der Waals surface area contributed by atoms with Gasteiger partial charge in [-0.15, -0.1) is 0 Å². The van der Waals surface area contributed by atoms with Crippen LogP contribution >= 0.6 is 0 Å². The number of hydrogen-bond donors (Lipinski definition) is 2. The largest absolute Gasteiger partial charge is 0.444 e. The van der Waals surface area contributed by atoms with Crippen molar-refractivity contribution in [3.8, 4) is 6.07 Å². The van der Waals surface area contributed by atoms with Crippen LogP contribution < -0.4 is 10.6 Å². The van der Waals surface area contributed by atoms with E-state index < -0.39 is 41.6 Å². The lowest BCUT2D eigenvalue weighted by molar-refractivity contribution is -0.140. The maximum Gasteiger partial charge on any atom is 0.408 e. The summed E-state index contributed by atoms with van der Waals surface area (Å²) < 4.78 is 5.14. The number of nitrogens with zero attached hydrogens (tertiary/aromatic N) is 2. The minimum atomic E-state index is -1.02. The second-order valence-corrected chi connectivity index (χ2v) is 9.03. The average Bonchev–Trinajstić information content (AvgIpc) is 2.57. The summed E-state index contributed by atoms with van der Waals surface area (Å²) in [6, 6.07) is 8.12. The molecule has 164 valence electrons. The first kappa shape index (κ1) is 25.0. The van der Waals surface area contributed by atoms with Gasteiger partial charge in [0.05, 0.1) is 6.07 Å². The minimum Gasteiger partial charge on any atom is -0.444 e. The molecule has 0 saturated heterocycles. The number of nitriles is 1. The van der Waals surface area contributed by atoms with E-state index in [0.29, 0.717) is 5.56 Å². The Bertz CT molecular complexity index is 816. The predicted molar refractivity (Wildman–Crippen MR) is 113 cm³/mol. The zero-order valence-electron chi connectivity index (χ0n) is 18.8. The molecule has 1 rings (SSSR count). The first-order valence-electron chi connectivity index (χ1n) is 9.76. The Morgan fingerprint density at radius 3 is 2.23 bits per heavy atom. The summed E-state index contributed by atoms with van der Waals surface area (Å²) in [4.78, 5) is 39.1. The van der Waals surface area contributed by atoms with E-state index in [2.05, 4.69) is 10.6 Å². The summed E-state index contributed by atoms with van der Waals surface area (Å²) >= 11 is 0. The van der Waals surface area contributed by atoms with Gasteiger partial charge in [-0.25, -0.2) is 4.79 Å². The van der Waals surface area contributed by atoms with Gasteiger partial charge in [0.1, 0.15) is 24.7 Å². The van der Waals surface area contributed by atoms with Gasteiger partial charge < -0.3 is 20.3 Å². The molecule has 3 amide bonds. The Morgan fingerprint density at radius 1 is 1.13 bits per heavy atom. The summed E-state index contributed by atoms with van der Waals surface area (Å²) in [5.74, 6) is -0.975. The monoisotopic (exact) mass is 416 g/mol. The average molecular weight is 417 g/mol. The summed E-state index contributed by atoms with van der Waals surface area (Å²) in [6.07, 6.45) is -0.751. The molecule has 2 N–H and O–H groups in total. The number of benzene rings is 1. The van der Waals surface area contributed by atoms with Crippen molar-refractivity contribution in [2.24, 2.45) is 0 Å². The number of ether oxygens (including phenoxy) is 1. The second-order valence-electron chi connectivity index (χ2n) is 9.03. The molecular weight excluding hydrogens is 384 g/mol. The van der Waals surface area contributed by atoms with Crippen LogP contribution in [0.2, 0.25) is 0 Å². The number of nitrogens with one attached hydrogen (secondary N) is 2. The number of carbonyl (C=O) groups excluding carboxylic acids is 3. The van der Waals surface area contributed by atoms with Gasteiger partial charge in [-0.1, -0.05) is 24.3 Å². The van der Waals surface area contributed by atoms with Crippen molar-refractivity contribution in [1.29, 1.82) is 5.26 Å². The molecule has 1 aromatic carbocycles. The Hall–Kier alpha value is -3.08. The third kappa shape index (κ3) is 8.11. The molecule has 0 bridgehead atoms. The molecule has 1 unspecified atom stereocenters. The lowest BCUT2D eigenvalue weighted by Crippen LogP contribution is -2.51. The van der Waals surface area contributed by atoms with E-state index in [-0.39, 0.29) is 6.54 Å². The fourth-order valence-electron chi connectivity index (χ4n) is 2.75. The van der Waals surface area contributed by atoms with Gasteiger partial charge >= 0.3 is 6.09 Å². The number of rotatable bonds is 6.